The summed E-state index contributed by atoms with van der Waals surface area (Å²) in [6, 6.07) is 11.8. The Hall–Kier alpha value is -1.03. The van der Waals surface area contributed by atoms with Crippen LogP contribution in [0.4, 0.5) is 0 Å². The van der Waals surface area contributed by atoms with Gasteiger partial charge in [0.2, 0.25) is 0 Å². The smallest absolute Gasteiger partial charge is 0.0717 e. The first-order valence-electron chi connectivity index (χ1n) is 6.74. The molecule has 3 rings (SSSR count). The number of aryl methyl sites for hydroxylation is 1. The molecule has 2 nitrogen and oxygen atoms in total. The number of rotatable bonds is 4. The summed E-state index contributed by atoms with van der Waals surface area (Å²) in [5, 5.41) is 11.2. The monoisotopic (exact) mass is 305 g/mol. The van der Waals surface area contributed by atoms with E-state index in [1.165, 1.54) is 5.56 Å². The van der Waals surface area contributed by atoms with Crippen LogP contribution in [0.5, 0.6) is 0 Å². The fourth-order valence-electron chi connectivity index (χ4n) is 2.65. The zero-order chi connectivity index (χ0) is 13.9. The predicted molar refractivity (Wildman–Crippen MR) is 83.5 cm³/mol. The van der Waals surface area contributed by atoms with Crippen LogP contribution in [0.1, 0.15) is 23.6 Å². The van der Waals surface area contributed by atoms with E-state index in [-0.39, 0.29) is 12.0 Å². The van der Waals surface area contributed by atoms with E-state index in [0.717, 1.165) is 28.5 Å². The van der Waals surface area contributed by atoms with Gasteiger partial charge in [-0.1, -0.05) is 17.7 Å². The zero-order valence-electron chi connectivity index (χ0n) is 11.0. The Morgan fingerprint density at radius 1 is 1.30 bits per heavy atom. The molecular weight excluding hydrogens is 290 g/mol. The number of thioether (sulfide) groups is 1. The highest BCUT2D eigenvalue weighted by atomic mass is 35.5. The number of nitrogens with zero attached hydrogens (tertiary/aromatic N) is 1. The largest absolute Gasteiger partial charge is 0.392 e. The van der Waals surface area contributed by atoms with Crippen molar-refractivity contribution in [3.63, 3.8) is 0 Å². The quantitative estimate of drug-likeness (QED) is 0.869. The number of aromatic nitrogens is 1. The predicted octanol–water partition coefficient (Wildman–Crippen LogP) is 3.92. The van der Waals surface area contributed by atoms with E-state index in [4.69, 9.17) is 11.6 Å². The standard InChI is InChI=1S/C16H16ClNOS/c17-12-4-6-13(7-5-12)20-10-15(19)14-8-3-11-2-1-9-18-16(11)14/h1-2,4-7,9,14-15,19H,3,8,10H2. The second-order valence-corrected chi connectivity index (χ2v) is 6.56. The van der Waals surface area contributed by atoms with Gasteiger partial charge in [-0.2, -0.15) is 0 Å². The number of aliphatic hydroxyl groups is 1. The van der Waals surface area contributed by atoms with Crippen molar-refractivity contribution in [2.24, 2.45) is 0 Å². The summed E-state index contributed by atoms with van der Waals surface area (Å²) in [4.78, 5) is 5.57. The molecule has 0 spiro atoms. The van der Waals surface area contributed by atoms with Gasteiger partial charge in [0.05, 0.1) is 6.10 Å². The average Bonchev–Trinajstić information content (AvgIpc) is 2.90. The minimum Gasteiger partial charge on any atom is -0.392 e. The number of benzene rings is 1. The van der Waals surface area contributed by atoms with Crippen molar-refractivity contribution in [3.05, 3.63) is 58.9 Å². The Balaban J connectivity index is 1.63. The maximum atomic E-state index is 10.4. The molecule has 0 fully saturated rings. The first kappa shape index (κ1) is 13.9. The summed E-state index contributed by atoms with van der Waals surface area (Å²) in [7, 11) is 0. The van der Waals surface area contributed by atoms with E-state index >= 15 is 0 Å². The lowest BCUT2D eigenvalue weighted by atomic mass is 10.0. The molecule has 1 heterocycles. The molecule has 104 valence electrons. The van der Waals surface area contributed by atoms with Gasteiger partial charge >= 0.3 is 0 Å². The van der Waals surface area contributed by atoms with Crippen molar-refractivity contribution in [1.82, 2.24) is 4.98 Å². The van der Waals surface area contributed by atoms with Crippen LogP contribution >= 0.6 is 23.4 Å². The maximum Gasteiger partial charge on any atom is 0.0717 e. The zero-order valence-corrected chi connectivity index (χ0v) is 12.6. The fourth-order valence-corrected chi connectivity index (χ4v) is 3.70. The van der Waals surface area contributed by atoms with Gasteiger partial charge in [0.25, 0.3) is 0 Å². The summed E-state index contributed by atoms with van der Waals surface area (Å²) in [6.45, 7) is 0. The molecule has 0 bridgehead atoms. The molecule has 1 aliphatic carbocycles. The number of aliphatic hydroxyl groups excluding tert-OH is 1. The lowest BCUT2D eigenvalue weighted by Gasteiger charge is -2.18. The fraction of sp³-hybridized carbons (Fsp3) is 0.312. The molecule has 2 atom stereocenters. The molecule has 1 aliphatic rings. The minimum atomic E-state index is -0.355. The van der Waals surface area contributed by atoms with E-state index in [0.29, 0.717) is 5.75 Å². The molecule has 0 aliphatic heterocycles. The normalized spacial score (nSPS) is 18.8. The van der Waals surface area contributed by atoms with E-state index in [1.807, 2.05) is 36.5 Å². The average molecular weight is 306 g/mol. The first-order chi connectivity index (χ1) is 9.74. The Labute approximate surface area is 128 Å². The van der Waals surface area contributed by atoms with Crippen molar-refractivity contribution in [2.45, 2.75) is 29.8 Å². The molecule has 0 radical (unpaired) electrons. The second-order valence-electron chi connectivity index (χ2n) is 5.03. The Bertz CT molecular complexity index is 587. The van der Waals surface area contributed by atoms with Gasteiger partial charge in [0.15, 0.2) is 0 Å². The molecule has 0 saturated heterocycles. The number of pyridine rings is 1. The van der Waals surface area contributed by atoms with Crippen molar-refractivity contribution in [1.29, 1.82) is 0 Å². The van der Waals surface area contributed by atoms with Crippen LogP contribution in [0.2, 0.25) is 5.02 Å². The highest BCUT2D eigenvalue weighted by Gasteiger charge is 2.29. The van der Waals surface area contributed by atoms with Gasteiger partial charge in [0.1, 0.15) is 0 Å². The SMILES string of the molecule is OC(CSc1ccc(Cl)cc1)C1CCc2cccnc21. The van der Waals surface area contributed by atoms with E-state index in [2.05, 4.69) is 11.1 Å². The van der Waals surface area contributed by atoms with Gasteiger partial charge in [-0.15, -0.1) is 11.8 Å². The number of halogens is 1. The van der Waals surface area contributed by atoms with E-state index in [1.54, 1.807) is 11.8 Å². The maximum absolute atomic E-state index is 10.4. The van der Waals surface area contributed by atoms with Crippen molar-refractivity contribution in [3.8, 4) is 0 Å². The first-order valence-corrected chi connectivity index (χ1v) is 8.10. The Kier molecular flexibility index (Phi) is 4.29. The highest BCUT2D eigenvalue weighted by Crippen LogP contribution is 2.35. The van der Waals surface area contributed by atoms with E-state index in [9.17, 15) is 5.11 Å². The van der Waals surface area contributed by atoms with Crippen molar-refractivity contribution >= 4 is 23.4 Å². The van der Waals surface area contributed by atoms with E-state index < -0.39 is 0 Å². The second kappa shape index (κ2) is 6.17. The van der Waals surface area contributed by atoms with Crippen LogP contribution in [0.25, 0.3) is 0 Å². The van der Waals surface area contributed by atoms with Crippen LogP contribution in [-0.2, 0) is 6.42 Å². The summed E-state index contributed by atoms with van der Waals surface area (Å²) in [6.07, 6.45) is 3.48. The number of hydrogen-bond acceptors (Lipinski definition) is 3. The molecule has 2 aromatic rings. The molecule has 1 N–H and O–H groups in total. The third kappa shape index (κ3) is 3.00. The molecule has 1 aromatic carbocycles. The molecule has 0 saturated carbocycles. The van der Waals surface area contributed by atoms with Crippen LogP contribution in [0.3, 0.4) is 0 Å². The van der Waals surface area contributed by atoms with Crippen LogP contribution in [-0.4, -0.2) is 21.9 Å². The molecule has 0 amide bonds. The Morgan fingerprint density at radius 3 is 2.90 bits per heavy atom. The molecule has 2 unspecified atom stereocenters. The highest BCUT2D eigenvalue weighted by molar-refractivity contribution is 7.99. The van der Waals surface area contributed by atoms with Crippen LogP contribution in [0.15, 0.2) is 47.5 Å². The lowest BCUT2D eigenvalue weighted by molar-refractivity contribution is 0.165. The summed E-state index contributed by atoms with van der Waals surface area (Å²) < 4.78 is 0. The van der Waals surface area contributed by atoms with Crippen LogP contribution < -0.4 is 0 Å². The summed E-state index contributed by atoms with van der Waals surface area (Å²) >= 11 is 7.53. The van der Waals surface area contributed by atoms with Crippen LogP contribution in [0, 0.1) is 0 Å². The van der Waals surface area contributed by atoms with Gasteiger partial charge < -0.3 is 5.11 Å². The van der Waals surface area contributed by atoms with Crippen molar-refractivity contribution in [2.75, 3.05) is 5.75 Å². The lowest BCUT2D eigenvalue weighted by Crippen LogP contribution is -2.19. The summed E-state index contributed by atoms with van der Waals surface area (Å²) in [5.74, 6) is 0.855. The van der Waals surface area contributed by atoms with Gasteiger partial charge in [-0.05, 0) is 48.7 Å². The number of fused-ring (bicyclic) bond motifs is 1. The van der Waals surface area contributed by atoms with Gasteiger partial charge in [0, 0.05) is 33.5 Å². The molecular formula is C16H16ClNOS. The molecule has 4 heteroatoms. The third-order valence-corrected chi connectivity index (χ3v) is 5.07. The topological polar surface area (TPSA) is 33.1 Å². The van der Waals surface area contributed by atoms with Gasteiger partial charge in [-0.25, -0.2) is 0 Å². The molecule has 1 aromatic heterocycles. The summed E-state index contributed by atoms with van der Waals surface area (Å²) in [5.41, 5.74) is 2.37. The van der Waals surface area contributed by atoms with Gasteiger partial charge in [-0.3, -0.25) is 4.98 Å². The minimum absolute atomic E-state index is 0.172. The third-order valence-electron chi connectivity index (χ3n) is 3.70. The molecule has 20 heavy (non-hydrogen) atoms. The van der Waals surface area contributed by atoms with Crippen molar-refractivity contribution < 1.29 is 5.11 Å². The Morgan fingerprint density at radius 2 is 2.10 bits per heavy atom. The number of hydrogen-bond donors (Lipinski definition) is 1.